The summed E-state index contributed by atoms with van der Waals surface area (Å²) in [6.07, 6.45) is 3.73. The molecule has 0 fully saturated rings. The van der Waals surface area contributed by atoms with Gasteiger partial charge in [0.2, 0.25) is 0 Å². The van der Waals surface area contributed by atoms with E-state index in [1.54, 1.807) is 28.7 Å². The molecule has 3 rings (SSSR count). The van der Waals surface area contributed by atoms with E-state index in [2.05, 4.69) is 31.2 Å². The SMILES string of the molecule is CCCc1ccc(CCc2ccc(-c3cc(F)c(I)c(F)c3)c(F)c2)cc1. The van der Waals surface area contributed by atoms with Gasteiger partial charge in [0.15, 0.2) is 0 Å². The minimum atomic E-state index is -0.680. The van der Waals surface area contributed by atoms with Crippen LogP contribution in [0.1, 0.15) is 30.0 Å². The summed E-state index contributed by atoms with van der Waals surface area (Å²) >= 11 is 1.60. The van der Waals surface area contributed by atoms with Gasteiger partial charge in [0.05, 0.1) is 3.57 Å². The van der Waals surface area contributed by atoms with Gasteiger partial charge in [-0.1, -0.05) is 49.7 Å². The fourth-order valence-electron chi connectivity index (χ4n) is 3.11. The first kappa shape index (κ1) is 19.9. The minimum Gasteiger partial charge on any atom is -0.206 e. The van der Waals surface area contributed by atoms with Gasteiger partial charge in [-0.3, -0.25) is 0 Å². The molecule has 0 N–H and O–H groups in total. The molecule has 3 aromatic carbocycles. The third kappa shape index (κ3) is 4.92. The van der Waals surface area contributed by atoms with Crippen LogP contribution in [0, 0.1) is 21.0 Å². The van der Waals surface area contributed by atoms with Crippen molar-refractivity contribution in [2.75, 3.05) is 0 Å². The van der Waals surface area contributed by atoms with Crippen LogP contribution in [0.15, 0.2) is 54.6 Å². The highest BCUT2D eigenvalue weighted by molar-refractivity contribution is 14.1. The van der Waals surface area contributed by atoms with Crippen LogP contribution in [0.5, 0.6) is 0 Å². The van der Waals surface area contributed by atoms with Crippen molar-refractivity contribution in [2.45, 2.75) is 32.6 Å². The zero-order chi connectivity index (χ0) is 19.4. The van der Waals surface area contributed by atoms with Crippen molar-refractivity contribution in [1.29, 1.82) is 0 Å². The summed E-state index contributed by atoms with van der Waals surface area (Å²) in [5.74, 6) is -1.83. The van der Waals surface area contributed by atoms with Crippen molar-refractivity contribution >= 4 is 22.6 Å². The van der Waals surface area contributed by atoms with Gasteiger partial charge in [-0.2, -0.15) is 0 Å². The molecule has 0 amide bonds. The standard InChI is InChI=1S/C23H20F3I/c1-2-3-15-4-6-16(7-5-15)8-9-17-10-11-19(20(24)12-17)18-13-21(25)23(27)22(26)14-18/h4-7,10-14H,2-3,8-9H2,1H3. The first-order valence-electron chi connectivity index (χ1n) is 8.99. The third-order valence-corrected chi connectivity index (χ3v) is 5.62. The van der Waals surface area contributed by atoms with Gasteiger partial charge in [-0.15, -0.1) is 0 Å². The lowest BCUT2D eigenvalue weighted by molar-refractivity contribution is 0.571. The molecule has 0 saturated carbocycles. The number of rotatable bonds is 6. The molecule has 0 aliphatic heterocycles. The molecule has 140 valence electrons. The van der Waals surface area contributed by atoms with E-state index in [9.17, 15) is 13.2 Å². The van der Waals surface area contributed by atoms with Gasteiger partial charge in [-0.25, -0.2) is 13.2 Å². The smallest absolute Gasteiger partial charge is 0.140 e. The fourth-order valence-corrected chi connectivity index (χ4v) is 3.42. The Hall–Kier alpha value is -1.82. The lowest BCUT2D eigenvalue weighted by Crippen LogP contribution is -1.96. The maximum absolute atomic E-state index is 14.5. The van der Waals surface area contributed by atoms with Crippen LogP contribution >= 0.6 is 22.6 Å². The molecule has 0 aliphatic carbocycles. The molecule has 0 aliphatic rings. The maximum Gasteiger partial charge on any atom is 0.140 e. The molecule has 0 heterocycles. The van der Waals surface area contributed by atoms with E-state index < -0.39 is 17.5 Å². The Morgan fingerprint density at radius 3 is 1.74 bits per heavy atom. The molecule has 0 nitrogen and oxygen atoms in total. The van der Waals surface area contributed by atoms with Crippen molar-refractivity contribution in [2.24, 2.45) is 0 Å². The van der Waals surface area contributed by atoms with Crippen LogP contribution in [-0.4, -0.2) is 0 Å². The molecular formula is C23H20F3I. The molecular weight excluding hydrogens is 460 g/mol. The molecule has 0 spiro atoms. The predicted octanol–water partition coefficient (Wildman–Crippen LogP) is 7.11. The van der Waals surface area contributed by atoms with Crippen LogP contribution in [0.25, 0.3) is 11.1 Å². The van der Waals surface area contributed by atoms with Gasteiger partial charge in [0.25, 0.3) is 0 Å². The van der Waals surface area contributed by atoms with Crippen LogP contribution in [0.4, 0.5) is 13.2 Å². The molecule has 27 heavy (non-hydrogen) atoms. The molecule has 0 unspecified atom stereocenters. The quantitative estimate of drug-likeness (QED) is 0.261. The maximum atomic E-state index is 14.5. The van der Waals surface area contributed by atoms with E-state index in [1.165, 1.54) is 29.3 Å². The van der Waals surface area contributed by atoms with E-state index in [1.807, 2.05) is 6.07 Å². The summed E-state index contributed by atoms with van der Waals surface area (Å²) in [7, 11) is 0. The zero-order valence-corrected chi connectivity index (χ0v) is 17.2. The summed E-state index contributed by atoms with van der Waals surface area (Å²) in [6, 6.07) is 15.7. The summed E-state index contributed by atoms with van der Waals surface area (Å²) in [5, 5.41) is 0. The Morgan fingerprint density at radius 2 is 1.19 bits per heavy atom. The largest absolute Gasteiger partial charge is 0.206 e. The first-order chi connectivity index (χ1) is 13.0. The van der Waals surface area contributed by atoms with Crippen LogP contribution in [0.3, 0.4) is 0 Å². The number of hydrogen-bond donors (Lipinski definition) is 0. The molecule has 0 radical (unpaired) electrons. The van der Waals surface area contributed by atoms with Crippen molar-refractivity contribution in [1.82, 2.24) is 0 Å². The van der Waals surface area contributed by atoms with E-state index in [0.717, 1.165) is 24.8 Å². The lowest BCUT2D eigenvalue weighted by Gasteiger charge is -2.09. The molecule has 3 aromatic rings. The van der Waals surface area contributed by atoms with Gasteiger partial charge in [0.1, 0.15) is 17.5 Å². The number of halogens is 4. The van der Waals surface area contributed by atoms with Crippen LogP contribution < -0.4 is 0 Å². The molecule has 0 aromatic heterocycles. The molecule has 0 bridgehead atoms. The van der Waals surface area contributed by atoms with E-state index >= 15 is 0 Å². The van der Waals surface area contributed by atoms with Crippen molar-refractivity contribution < 1.29 is 13.2 Å². The Morgan fingerprint density at radius 1 is 0.667 bits per heavy atom. The molecule has 0 saturated heterocycles. The Balaban J connectivity index is 1.73. The summed E-state index contributed by atoms with van der Waals surface area (Å²) in [4.78, 5) is 0. The second-order valence-electron chi connectivity index (χ2n) is 6.63. The van der Waals surface area contributed by atoms with Crippen LogP contribution in [0.2, 0.25) is 0 Å². The lowest BCUT2D eigenvalue weighted by atomic mass is 9.99. The van der Waals surface area contributed by atoms with Crippen molar-refractivity contribution in [3.8, 4) is 11.1 Å². The first-order valence-corrected chi connectivity index (χ1v) is 10.1. The fraction of sp³-hybridized carbons (Fsp3) is 0.217. The highest BCUT2D eigenvalue weighted by atomic mass is 127. The van der Waals surface area contributed by atoms with Gasteiger partial charge < -0.3 is 0 Å². The summed E-state index contributed by atoms with van der Waals surface area (Å²) in [6.45, 7) is 2.16. The van der Waals surface area contributed by atoms with E-state index in [4.69, 9.17) is 0 Å². The Labute approximate surface area is 171 Å². The highest BCUT2D eigenvalue weighted by Crippen LogP contribution is 2.28. The monoisotopic (exact) mass is 480 g/mol. The molecule has 4 heteroatoms. The number of aryl methyl sites for hydroxylation is 3. The Bertz CT molecular complexity index is 910. The van der Waals surface area contributed by atoms with Crippen LogP contribution in [-0.2, 0) is 19.3 Å². The second-order valence-corrected chi connectivity index (χ2v) is 7.71. The zero-order valence-electron chi connectivity index (χ0n) is 15.0. The average Bonchev–Trinajstić information content (AvgIpc) is 2.65. The predicted molar refractivity (Wildman–Crippen MR) is 112 cm³/mol. The molecule has 0 atom stereocenters. The minimum absolute atomic E-state index is 0.0849. The van der Waals surface area contributed by atoms with Gasteiger partial charge in [0, 0.05) is 5.56 Å². The highest BCUT2D eigenvalue weighted by Gasteiger charge is 2.13. The second kappa shape index (κ2) is 8.91. The number of benzene rings is 3. The van der Waals surface area contributed by atoms with Gasteiger partial charge in [-0.05, 0) is 82.3 Å². The van der Waals surface area contributed by atoms with E-state index in [-0.39, 0.29) is 14.7 Å². The summed E-state index contributed by atoms with van der Waals surface area (Å²) in [5.41, 5.74) is 3.81. The third-order valence-electron chi connectivity index (χ3n) is 4.59. The number of hydrogen-bond acceptors (Lipinski definition) is 0. The Kier molecular flexibility index (Phi) is 6.58. The van der Waals surface area contributed by atoms with Gasteiger partial charge >= 0.3 is 0 Å². The topological polar surface area (TPSA) is 0 Å². The summed E-state index contributed by atoms with van der Waals surface area (Å²) < 4.78 is 41.9. The van der Waals surface area contributed by atoms with Crippen molar-refractivity contribution in [3.05, 3.63) is 92.3 Å². The normalized spacial score (nSPS) is 11.0. The average molecular weight is 480 g/mol. The van der Waals surface area contributed by atoms with Crippen molar-refractivity contribution in [3.63, 3.8) is 0 Å². The van der Waals surface area contributed by atoms with E-state index in [0.29, 0.717) is 6.42 Å².